The van der Waals surface area contributed by atoms with Gasteiger partial charge in [0.2, 0.25) is 0 Å². The Balaban J connectivity index is 2.18. The molecular weight excluding hydrogens is 264 g/mol. The lowest BCUT2D eigenvalue weighted by molar-refractivity contribution is 0.103. The van der Waals surface area contributed by atoms with Crippen LogP contribution in [-0.4, -0.2) is 10.9 Å². The minimum atomic E-state index is -0.0695. The maximum absolute atomic E-state index is 12.8. The number of fused-ring (bicyclic) bond motifs is 1. The van der Waals surface area contributed by atoms with Crippen LogP contribution in [-0.2, 0) is 6.42 Å². The van der Waals surface area contributed by atoms with Gasteiger partial charge in [-0.25, -0.2) is 0 Å². The molecule has 0 spiro atoms. The van der Waals surface area contributed by atoms with Crippen LogP contribution >= 0.6 is 0 Å². The lowest BCUT2D eigenvalue weighted by Crippen LogP contribution is -2.03. The first-order valence-electron chi connectivity index (χ1n) is 6.96. The Morgan fingerprint density at radius 1 is 1.19 bits per heavy atom. The minimum Gasteiger partial charge on any atom is -0.508 e. The topological polar surface area (TPSA) is 50.4 Å². The smallest absolute Gasteiger partial charge is 0.197 e. The molecule has 1 N–H and O–H groups in total. The molecular formula is C18H16O3. The zero-order valence-corrected chi connectivity index (χ0v) is 12.0. The van der Waals surface area contributed by atoms with Crippen LogP contribution in [0.25, 0.3) is 11.0 Å². The summed E-state index contributed by atoms with van der Waals surface area (Å²) in [6, 6.07) is 12.5. The number of carbonyl (C=O) groups is 1. The largest absolute Gasteiger partial charge is 0.508 e. The number of rotatable bonds is 3. The number of carbonyl (C=O) groups excluding carboxylic acids is 1. The van der Waals surface area contributed by atoms with Crippen LogP contribution in [0, 0.1) is 6.92 Å². The summed E-state index contributed by atoms with van der Waals surface area (Å²) in [5.41, 5.74) is 2.60. The van der Waals surface area contributed by atoms with Crippen molar-refractivity contribution in [1.82, 2.24) is 0 Å². The second kappa shape index (κ2) is 5.09. The summed E-state index contributed by atoms with van der Waals surface area (Å²) >= 11 is 0. The van der Waals surface area contributed by atoms with Gasteiger partial charge in [0, 0.05) is 17.4 Å². The van der Waals surface area contributed by atoms with E-state index in [1.165, 1.54) is 0 Å². The standard InChI is InChI=1S/C18H16O3/c1-3-15-17(13-6-4-5-7-16(13)21-15)18(20)12-8-9-14(19)11(2)10-12/h4-10,19H,3H2,1-2H3. The van der Waals surface area contributed by atoms with Crippen molar-refractivity contribution in [1.29, 1.82) is 0 Å². The van der Waals surface area contributed by atoms with E-state index in [-0.39, 0.29) is 11.5 Å². The van der Waals surface area contributed by atoms with E-state index in [1.54, 1.807) is 25.1 Å². The van der Waals surface area contributed by atoms with E-state index in [4.69, 9.17) is 4.42 Å². The molecule has 0 amide bonds. The van der Waals surface area contributed by atoms with Crippen LogP contribution in [0.2, 0.25) is 0 Å². The number of furan rings is 1. The van der Waals surface area contributed by atoms with Crippen molar-refractivity contribution in [2.45, 2.75) is 20.3 Å². The van der Waals surface area contributed by atoms with E-state index < -0.39 is 0 Å². The highest BCUT2D eigenvalue weighted by Gasteiger charge is 2.21. The van der Waals surface area contributed by atoms with Gasteiger partial charge in [-0.3, -0.25) is 4.79 Å². The first kappa shape index (κ1) is 13.4. The molecule has 0 fully saturated rings. The van der Waals surface area contributed by atoms with E-state index in [1.807, 2.05) is 31.2 Å². The summed E-state index contributed by atoms with van der Waals surface area (Å²) in [5, 5.41) is 10.4. The molecule has 0 saturated carbocycles. The van der Waals surface area contributed by atoms with Crippen molar-refractivity contribution >= 4 is 16.8 Å². The van der Waals surface area contributed by atoms with E-state index in [0.29, 0.717) is 28.9 Å². The molecule has 106 valence electrons. The lowest BCUT2D eigenvalue weighted by atomic mass is 9.98. The van der Waals surface area contributed by atoms with Gasteiger partial charge >= 0.3 is 0 Å². The van der Waals surface area contributed by atoms with Crippen LogP contribution in [0.3, 0.4) is 0 Å². The highest BCUT2D eigenvalue weighted by atomic mass is 16.3. The Bertz CT molecular complexity index is 828. The molecule has 0 bridgehead atoms. The Labute approximate surface area is 122 Å². The van der Waals surface area contributed by atoms with Gasteiger partial charge in [0.1, 0.15) is 17.1 Å². The van der Waals surface area contributed by atoms with E-state index in [9.17, 15) is 9.90 Å². The first-order chi connectivity index (χ1) is 10.1. The number of aryl methyl sites for hydroxylation is 2. The second-order valence-electron chi connectivity index (χ2n) is 5.08. The van der Waals surface area contributed by atoms with Gasteiger partial charge < -0.3 is 9.52 Å². The van der Waals surface area contributed by atoms with Gasteiger partial charge in [0.05, 0.1) is 5.56 Å². The molecule has 0 aliphatic heterocycles. The third-order valence-electron chi connectivity index (χ3n) is 3.68. The van der Waals surface area contributed by atoms with Crippen molar-refractivity contribution in [2.75, 3.05) is 0 Å². The van der Waals surface area contributed by atoms with Crippen LogP contribution < -0.4 is 0 Å². The summed E-state index contributed by atoms with van der Waals surface area (Å²) in [6.45, 7) is 3.75. The Hall–Kier alpha value is -2.55. The third-order valence-corrected chi connectivity index (χ3v) is 3.68. The molecule has 0 atom stereocenters. The molecule has 0 saturated heterocycles. The van der Waals surface area contributed by atoms with Crippen molar-refractivity contribution in [3.8, 4) is 5.75 Å². The molecule has 3 aromatic rings. The summed E-state index contributed by atoms with van der Waals surface area (Å²) in [4.78, 5) is 12.8. The highest BCUT2D eigenvalue weighted by Crippen LogP contribution is 2.29. The average Bonchev–Trinajstić information content (AvgIpc) is 2.87. The van der Waals surface area contributed by atoms with Crippen LogP contribution in [0.5, 0.6) is 5.75 Å². The molecule has 0 radical (unpaired) electrons. The number of benzene rings is 2. The summed E-state index contributed by atoms with van der Waals surface area (Å²) in [5.74, 6) is 0.825. The predicted molar refractivity (Wildman–Crippen MR) is 81.9 cm³/mol. The highest BCUT2D eigenvalue weighted by molar-refractivity contribution is 6.17. The fourth-order valence-electron chi connectivity index (χ4n) is 2.54. The maximum Gasteiger partial charge on any atom is 0.197 e. The van der Waals surface area contributed by atoms with Crippen molar-refractivity contribution in [3.05, 3.63) is 64.9 Å². The molecule has 0 aliphatic rings. The summed E-state index contributed by atoms with van der Waals surface area (Å²) in [6.07, 6.45) is 0.660. The molecule has 0 unspecified atom stereocenters. The number of ketones is 1. The van der Waals surface area contributed by atoms with Gasteiger partial charge in [0.15, 0.2) is 5.78 Å². The fraction of sp³-hybridized carbons (Fsp3) is 0.167. The number of hydrogen-bond donors (Lipinski definition) is 1. The molecule has 2 aromatic carbocycles. The second-order valence-corrected chi connectivity index (χ2v) is 5.08. The summed E-state index contributed by atoms with van der Waals surface area (Å²) in [7, 11) is 0. The minimum absolute atomic E-state index is 0.0695. The average molecular weight is 280 g/mol. The number of para-hydroxylation sites is 1. The van der Waals surface area contributed by atoms with Gasteiger partial charge in [-0.2, -0.15) is 0 Å². The van der Waals surface area contributed by atoms with Crippen molar-refractivity contribution in [2.24, 2.45) is 0 Å². The molecule has 3 heteroatoms. The SMILES string of the molecule is CCc1oc2ccccc2c1C(=O)c1ccc(O)c(C)c1. The zero-order valence-electron chi connectivity index (χ0n) is 12.0. The van der Waals surface area contributed by atoms with Gasteiger partial charge in [0.25, 0.3) is 0 Å². The number of aromatic hydroxyl groups is 1. The monoisotopic (exact) mass is 280 g/mol. The Morgan fingerprint density at radius 3 is 2.67 bits per heavy atom. The molecule has 21 heavy (non-hydrogen) atoms. The number of phenols is 1. The lowest BCUT2D eigenvalue weighted by Gasteiger charge is -2.04. The maximum atomic E-state index is 12.8. The fourth-order valence-corrected chi connectivity index (χ4v) is 2.54. The molecule has 0 aliphatic carbocycles. The van der Waals surface area contributed by atoms with Crippen LogP contribution in [0.4, 0.5) is 0 Å². The Kier molecular flexibility index (Phi) is 3.26. The van der Waals surface area contributed by atoms with E-state index in [2.05, 4.69) is 0 Å². The van der Waals surface area contributed by atoms with E-state index in [0.717, 1.165) is 11.0 Å². The zero-order chi connectivity index (χ0) is 15.0. The Morgan fingerprint density at radius 2 is 1.95 bits per heavy atom. The van der Waals surface area contributed by atoms with E-state index >= 15 is 0 Å². The quantitative estimate of drug-likeness (QED) is 0.730. The van der Waals surface area contributed by atoms with Crippen LogP contribution in [0.15, 0.2) is 46.9 Å². The van der Waals surface area contributed by atoms with Gasteiger partial charge in [-0.15, -0.1) is 0 Å². The van der Waals surface area contributed by atoms with Crippen LogP contribution in [0.1, 0.15) is 34.2 Å². The summed E-state index contributed by atoms with van der Waals surface area (Å²) < 4.78 is 5.77. The number of phenolic OH excluding ortho intramolecular Hbond substituents is 1. The van der Waals surface area contributed by atoms with Crippen molar-refractivity contribution in [3.63, 3.8) is 0 Å². The van der Waals surface area contributed by atoms with Crippen molar-refractivity contribution < 1.29 is 14.3 Å². The van der Waals surface area contributed by atoms with Gasteiger partial charge in [-0.05, 0) is 36.8 Å². The number of hydrogen-bond acceptors (Lipinski definition) is 3. The third kappa shape index (κ3) is 2.21. The first-order valence-corrected chi connectivity index (χ1v) is 6.96. The molecule has 1 aromatic heterocycles. The molecule has 3 rings (SSSR count). The molecule has 1 heterocycles. The van der Waals surface area contributed by atoms with Gasteiger partial charge in [-0.1, -0.05) is 25.1 Å². The normalized spacial score (nSPS) is 11.0. The molecule has 3 nitrogen and oxygen atoms in total. The predicted octanol–water partition coefficient (Wildman–Crippen LogP) is 4.24.